The molecule has 1 aliphatic rings. The van der Waals surface area contributed by atoms with Crippen LogP contribution in [0.15, 0.2) is 15.2 Å². The van der Waals surface area contributed by atoms with Crippen molar-refractivity contribution in [2.24, 2.45) is 5.92 Å². The third-order valence-corrected chi connectivity index (χ3v) is 4.36. The van der Waals surface area contributed by atoms with Gasteiger partial charge in [-0.1, -0.05) is 6.92 Å². The largest absolute Gasteiger partial charge is 0.310 e. The van der Waals surface area contributed by atoms with Gasteiger partial charge >= 0.3 is 0 Å². The fraction of sp³-hybridized carbons (Fsp3) is 0.600. The van der Waals surface area contributed by atoms with Crippen LogP contribution in [0.2, 0.25) is 0 Å². The molecule has 0 amide bonds. The van der Waals surface area contributed by atoms with Crippen molar-refractivity contribution in [1.29, 1.82) is 0 Å². The van der Waals surface area contributed by atoms with Crippen LogP contribution in [0.25, 0.3) is 0 Å². The minimum absolute atomic E-state index is 0.763. The highest BCUT2D eigenvalue weighted by molar-refractivity contribution is 9.11. The highest BCUT2D eigenvalue weighted by Gasteiger charge is 2.25. The van der Waals surface area contributed by atoms with E-state index < -0.39 is 0 Å². The second-order valence-electron chi connectivity index (χ2n) is 3.80. The van der Waals surface area contributed by atoms with Crippen LogP contribution in [0.4, 0.5) is 0 Å². The molecule has 0 spiro atoms. The van der Waals surface area contributed by atoms with E-state index in [0.29, 0.717) is 0 Å². The number of hydrogen-bond donors (Lipinski definition) is 1. The number of rotatable bonds is 3. The molecular weight excluding hydrogens is 246 g/mol. The Hall–Kier alpha value is 0.140. The summed E-state index contributed by atoms with van der Waals surface area (Å²) >= 11 is 5.23. The first-order chi connectivity index (χ1) is 6.25. The molecule has 1 fully saturated rings. The molecule has 3 heteroatoms. The fourth-order valence-electron chi connectivity index (χ4n) is 1.66. The quantitative estimate of drug-likeness (QED) is 0.878. The molecule has 1 aromatic heterocycles. The molecule has 1 N–H and O–H groups in total. The van der Waals surface area contributed by atoms with E-state index in [-0.39, 0.29) is 0 Å². The van der Waals surface area contributed by atoms with Gasteiger partial charge in [0.1, 0.15) is 0 Å². The lowest BCUT2D eigenvalue weighted by Crippen LogP contribution is -2.41. The molecule has 1 aromatic rings. The molecule has 0 radical (unpaired) electrons. The molecule has 2 rings (SSSR count). The maximum Gasteiger partial charge on any atom is 0.0701 e. The molecule has 13 heavy (non-hydrogen) atoms. The zero-order valence-corrected chi connectivity index (χ0v) is 10.1. The first-order valence-corrected chi connectivity index (χ1v) is 6.39. The SMILES string of the molecule is CC1CCC1NCc1csc(Br)c1. The van der Waals surface area contributed by atoms with Gasteiger partial charge in [-0.3, -0.25) is 0 Å². The minimum atomic E-state index is 0.763. The molecule has 0 saturated heterocycles. The van der Waals surface area contributed by atoms with Gasteiger partial charge in [-0.15, -0.1) is 11.3 Å². The predicted molar refractivity (Wildman–Crippen MR) is 61.0 cm³/mol. The Bertz CT molecular complexity index is 284. The Labute approximate surface area is 91.7 Å². The lowest BCUT2D eigenvalue weighted by Gasteiger charge is -2.34. The average Bonchev–Trinajstić information content (AvgIpc) is 2.49. The second-order valence-corrected chi connectivity index (χ2v) is 6.09. The van der Waals surface area contributed by atoms with Gasteiger partial charge in [0.2, 0.25) is 0 Å². The Kier molecular flexibility index (Phi) is 3.06. The smallest absolute Gasteiger partial charge is 0.0701 e. The van der Waals surface area contributed by atoms with E-state index in [1.165, 1.54) is 22.2 Å². The van der Waals surface area contributed by atoms with Crippen molar-refractivity contribution in [2.45, 2.75) is 32.4 Å². The summed E-state index contributed by atoms with van der Waals surface area (Å²) in [6.07, 6.45) is 2.75. The minimum Gasteiger partial charge on any atom is -0.310 e. The lowest BCUT2D eigenvalue weighted by molar-refractivity contribution is 0.228. The van der Waals surface area contributed by atoms with Crippen LogP contribution in [0, 0.1) is 5.92 Å². The molecule has 0 aliphatic heterocycles. The summed E-state index contributed by atoms with van der Waals surface area (Å²) < 4.78 is 1.23. The number of hydrogen-bond acceptors (Lipinski definition) is 2. The van der Waals surface area contributed by atoms with Gasteiger partial charge in [0.25, 0.3) is 0 Å². The van der Waals surface area contributed by atoms with Crippen molar-refractivity contribution in [1.82, 2.24) is 5.32 Å². The Balaban J connectivity index is 1.79. The first-order valence-electron chi connectivity index (χ1n) is 4.72. The van der Waals surface area contributed by atoms with Gasteiger partial charge in [0.05, 0.1) is 3.79 Å². The summed E-state index contributed by atoms with van der Waals surface area (Å²) in [4.78, 5) is 0. The Morgan fingerprint density at radius 2 is 2.46 bits per heavy atom. The Morgan fingerprint density at radius 1 is 1.62 bits per heavy atom. The maximum atomic E-state index is 3.58. The van der Waals surface area contributed by atoms with E-state index in [1.54, 1.807) is 11.3 Å². The van der Waals surface area contributed by atoms with E-state index in [1.807, 2.05) is 0 Å². The number of nitrogens with one attached hydrogen (secondary N) is 1. The highest BCUT2D eigenvalue weighted by Crippen LogP contribution is 2.27. The predicted octanol–water partition coefficient (Wildman–Crippen LogP) is 3.40. The van der Waals surface area contributed by atoms with E-state index in [4.69, 9.17) is 0 Å². The first kappa shape index (κ1) is 9.69. The van der Waals surface area contributed by atoms with Crippen molar-refractivity contribution in [3.63, 3.8) is 0 Å². The lowest BCUT2D eigenvalue weighted by atomic mass is 9.81. The fourth-order valence-corrected chi connectivity index (χ4v) is 2.87. The maximum absolute atomic E-state index is 3.58. The van der Waals surface area contributed by atoms with E-state index in [0.717, 1.165) is 18.5 Å². The van der Waals surface area contributed by atoms with E-state index >= 15 is 0 Å². The van der Waals surface area contributed by atoms with Crippen LogP contribution in [-0.4, -0.2) is 6.04 Å². The molecule has 72 valence electrons. The third kappa shape index (κ3) is 2.33. The molecule has 2 atom stereocenters. The summed E-state index contributed by atoms with van der Waals surface area (Å²) in [5.74, 6) is 0.877. The standard InChI is InChI=1S/C10H14BrNS/c1-7-2-3-9(7)12-5-8-4-10(11)13-6-8/h4,6-7,9,12H,2-3,5H2,1H3. The van der Waals surface area contributed by atoms with Gasteiger partial charge in [-0.25, -0.2) is 0 Å². The second kappa shape index (κ2) is 4.11. The van der Waals surface area contributed by atoms with Crippen LogP contribution in [0.5, 0.6) is 0 Å². The summed E-state index contributed by atoms with van der Waals surface area (Å²) in [6.45, 7) is 3.35. The summed E-state index contributed by atoms with van der Waals surface area (Å²) in [5, 5.41) is 5.79. The number of thiophene rings is 1. The molecular formula is C10H14BrNS. The zero-order valence-electron chi connectivity index (χ0n) is 7.72. The van der Waals surface area contributed by atoms with Crippen LogP contribution in [0.1, 0.15) is 25.3 Å². The average molecular weight is 260 g/mol. The molecule has 0 aromatic carbocycles. The van der Waals surface area contributed by atoms with E-state index in [9.17, 15) is 0 Å². The van der Waals surface area contributed by atoms with Crippen molar-refractivity contribution in [3.8, 4) is 0 Å². The van der Waals surface area contributed by atoms with Crippen LogP contribution in [0.3, 0.4) is 0 Å². The van der Waals surface area contributed by atoms with Crippen LogP contribution in [-0.2, 0) is 6.54 Å². The Morgan fingerprint density at radius 3 is 2.92 bits per heavy atom. The van der Waals surface area contributed by atoms with Gasteiger partial charge < -0.3 is 5.32 Å². The summed E-state index contributed by atoms with van der Waals surface area (Å²) in [7, 11) is 0. The monoisotopic (exact) mass is 259 g/mol. The topological polar surface area (TPSA) is 12.0 Å². The molecule has 0 bridgehead atoms. The van der Waals surface area contributed by atoms with Crippen molar-refractivity contribution in [2.75, 3.05) is 0 Å². The van der Waals surface area contributed by atoms with Crippen LogP contribution < -0.4 is 5.32 Å². The molecule has 1 nitrogen and oxygen atoms in total. The summed E-state index contributed by atoms with van der Waals surface area (Å²) in [5.41, 5.74) is 1.40. The van der Waals surface area contributed by atoms with Gasteiger partial charge in [-0.05, 0) is 51.7 Å². The molecule has 1 saturated carbocycles. The van der Waals surface area contributed by atoms with Gasteiger partial charge in [0.15, 0.2) is 0 Å². The van der Waals surface area contributed by atoms with Gasteiger partial charge in [0, 0.05) is 12.6 Å². The normalized spacial score (nSPS) is 27.2. The highest BCUT2D eigenvalue weighted by atomic mass is 79.9. The third-order valence-electron chi connectivity index (χ3n) is 2.81. The van der Waals surface area contributed by atoms with E-state index in [2.05, 4.69) is 39.6 Å². The van der Waals surface area contributed by atoms with Crippen molar-refractivity contribution >= 4 is 27.3 Å². The van der Waals surface area contributed by atoms with Crippen molar-refractivity contribution < 1.29 is 0 Å². The van der Waals surface area contributed by atoms with Crippen LogP contribution >= 0.6 is 27.3 Å². The molecule has 1 aliphatic carbocycles. The number of halogens is 1. The molecule has 1 heterocycles. The van der Waals surface area contributed by atoms with Crippen molar-refractivity contribution in [3.05, 3.63) is 20.8 Å². The zero-order chi connectivity index (χ0) is 9.26. The summed E-state index contributed by atoms with van der Waals surface area (Å²) in [6, 6.07) is 2.96. The van der Waals surface area contributed by atoms with Gasteiger partial charge in [-0.2, -0.15) is 0 Å². The molecule has 2 unspecified atom stereocenters.